The molecule has 0 amide bonds. The Morgan fingerprint density at radius 3 is 2.79 bits per heavy atom. The number of nitrogens with one attached hydrogen (secondary N) is 1. The van der Waals surface area contributed by atoms with Gasteiger partial charge in [0.2, 0.25) is 0 Å². The molecule has 1 heterocycles. The van der Waals surface area contributed by atoms with E-state index in [-0.39, 0.29) is 17.5 Å². The van der Waals surface area contributed by atoms with E-state index in [2.05, 4.69) is 5.32 Å². The molecule has 0 spiro atoms. The van der Waals surface area contributed by atoms with Crippen molar-refractivity contribution in [2.45, 2.75) is 19.9 Å². The van der Waals surface area contributed by atoms with Gasteiger partial charge in [-0.25, -0.2) is 8.42 Å². The summed E-state index contributed by atoms with van der Waals surface area (Å²) in [5.74, 6) is 0.418. The molecule has 0 bridgehead atoms. The molecule has 0 aliphatic carbocycles. The minimum Gasteiger partial charge on any atom is -0.363 e. The topological polar surface area (TPSA) is 49.4 Å². The van der Waals surface area contributed by atoms with Crippen molar-refractivity contribution in [1.29, 1.82) is 0 Å². The van der Waals surface area contributed by atoms with E-state index < -0.39 is 9.84 Å². The Bertz CT molecular complexity index is 313. The highest BCUT2D eigenvalue weighted by Crippen LogP contribution is 2.11. The standard InChI is InChI=1S/C8H16N2O2S2/c1-3-9-8(13)10-4-5-14(11,12)6-7(10)2/h7H,3-6H2,1-2H3,(H,9,13). The highest BCUT2D eigenvalue weighted by Gasteiger charge is 2.29. The van der Waals surface area contributed by atoms with Crippen LogP contribution in [0.3, 0.4) is 0 Å². The van der Waals surface area contributed by atoms with Gasteiger partial charge in [0.15, 0.2) is 14.9 Å². The maximum atomic E-state index is 11.3. The van der Waals surface area contributed by atoms with Gasteiger partial charge in [-0.1, -0.05) is 0 Å². The van der Waals surface area contributed by atoms with Gasteiger partial charge in [-0.3, -0.25) is 0 Å². The van der Waals surface area contributed by atoms with Crippen LogP contribution >= 0.6 is 12.2 Å². The van der Waals surface area contributed by atoms with Gasteiger partial charge >= 0.3 is 0 Å². The lowest BCUT2D eigenvalue weighted by molar-refractivity contribution is 0.348. The van der Waals surface area contributed by atoms with Gasteiger partial charge in [0.25, 0.3) is 0 Å². The highest BCUT2D eigenvalue weighted by atomic mass is 32.2. The van der Waals surface area contributed by atoms with Gasteiger partial charge in [0, 0.05) is 19.1 Å². The first kappa shape index (κ1) is 11.7. The fourth-order valence-electron chi connectivity index (χ4n) is 1.55. The number of rotatable bonds is 1. The third-order valence-electron chi connectivity index (χ3n) is 2.26. The molecule has 0 aromatic carbocycles. The predicted octanol–water partition coefficient (Wildman–Crippen LogP) is -0.000300. The Labute approximate surface area is 90.6 Å². The van der Waals surface area contributed by atoms with Gasteiger partial charge in [-0.15, -0.1) is 0 Å². The number of hydrogen-bond acceptors (Lipinski definition) is 3. The van der Waals surface area contributed by atoms with E-state index in [1.807, 2.05) is 18.7 Å². The van der Waals surface area contributed by atoms with Crippen LogP contribution < -0.4 is 5.32 Å². The van der Waals surface area contributed by atoms with Crippen LogP contribution in [-0.4, -0.2) is 49.1 Å². The van der Waals surface area contributed by atoms with Gasteiger partial charge in [-0.2, -0.15) is 0 Å². The van der Waals surface area contributed by atoms with Crippen molar-refractivity contribution in [2.75, 3.05) is 24.6 Å². The first-order valence-electron chi connectivity index (χ1n) is 4.71. The minimum atomic E-state index is -2.84. The van der Waals surface area contributed by atoms with E-state index in [9.17, 15) is 8.42 Å². The number of hydrogen-bond donors (Lipinski definition) is 1. The van der Waals surface area contributed by atoms with E-state index in [1.165, 1.54) is 0 Å². The van der Waals surface area contributed by atoms with E-state index in [0.717, 1.165) is 6.54 Å². The molecule has 1 rings (SSSR count). The number of sulfone groups is 1. The number of thiocarbonyl (C=S) groups is 1. The second-order valence-electron chi connectivity index (χ2n) is 3.49. The Morgan fingerprint density at radius 1 is 1.64 bits per heavy atom. The van der Waals surface area contributed by atoms with Crippen LogP contribution in [0.15, 0.2) is 0 Å². The zero-order valence-electron chi connectivity index (χ0n) is 8.49. The van der Waals surface area contributed by atoms with Crippen molar-refractivity contribution < 1.29 is 8.42 Å². The lowest BCUT2D eigenvalue weighted by Crippen LogP contribution is -2.53. The van der Waals surface area contributed by atoms with Crippen LogP contribution in [0.1, 0.15) is 13.8 Å². The fraction of sp³-hybridized carbons (Fsp3) is 0.875. The van der Waals surface area contributed by atoms with Crippen molar-refractivity contribution in [3.63, 3.8) is 0 Å². The molecule has 4 nitrogen and oxygen atoms in total. The van der Waals surface area contributed by atoms with Crippen LogP contribution in [0.4, 0.5) is 0 Å². The van der Waals surface area contributed by atoms with Crippen molar-refractivity contribution >= 4 is 27.2 Å². The molecule has 1 N–H and O–H groups in total. The molecule has 1 atom stereocenters. The van der Waals surface area contributed by atoms with Crippen LogP contribution in [-0.2, 0) is 9.84 Å². The molecular weight excluding hydrogens is 220 g/mol. The molecule has 1 aliphatic rings. The first-order chi connectivity index (χ1) is 6.46. The summed E-state index contributed by atoms with van der Waals surface area (Å²) < 4.78 is 22.6. The van der Waals surface area contributed by atoms with Crippen molar-refractivity contribution in [1.82, 2.24) is 10.2 Å². The summed E-state index contributed by atoms with van der Waals surface area (Å²) in [7, 11) is -2.84. The summed E-state index contributed by atoms with van der Waals surface area (Å²) in [5.41, 5.74) is 0. The molecule has 6 heteroatoms. The molecular formula is C8H16N2O2S2. The van der Waals surface area contributed by atoms with E-state index >= 15 is 0 Å². The summed E-state index contributed by atoms with van der Waals surface area (Å²) >= 11 is 5.15. The highest BCUT2D eigenvalue weighted by molar-refractivity contribution is 7.91. The molecule has 0 saturated carbocycles. The average molecular weight is 236 g/mol. The lowest BCUT2D eigenvalue weighted by Gasteiger charge is -2.35. The van der Waals surface area contributed by atoms with Gasteiger partial charge in [0.1, 0.15) is 0 Å². The van der Waals surface area contributed by atoms with Crippen LogP contribution in [0, 0.1) is 0 Å². The Morgan fingerprint density at radius 2 is 2.29 bits per heavy atom. The molecule has 0 radical (unpaired) electrons. The second kappa shape index (κ2) is 4.44. The monoisotopic (exact) mass is 236 g/mol. The fourth-order valence-corrected chi connectivity index (χ4v) is 3.53. The van der Waals surface area contributed by atoms with Crippen molar-refractivity contribution in [3.05, 3.63) is 0 Å². The van der Waals surface area contributed by atoms with Crippen molar-refractivity contribution in [3.8, 4) is 0 Å². The summed E-state index contributed by atoms with van der Waals surface area (Å²) in [6.45, 7) is 5.14. The second-order valence-corrected chi connectivity index (χ2v) is 6.11. The lowest BCUT2D eigenvalue weighted by atomic mass is 10.3. The van der Waals surface area contributed by atoms with Gasteiger partial charge < -0.3 is 10.2 Å². The number of nitrogens with zero attached hydrogens (tertiary/aromatic N) is 1. The molecule has 0 aromatic heterocycles. The average Bonchev–Trinajstić information content (AvgIpc) is 2.02. The molecule has 82 valence electrons. The molecule has 1 aliphatic heterocycles. The molecule has 14 heavy (non-hydrogen) atoms. The summed E-state index contributed by atoms with van der Waals surface area (Å²) in [6.07, 6.45) is 0. The third-order valence-corrected chi connectivity index (χ3v) is 4.43. The maximum Gasteiger partial charge on any atom is 0.169 e. The van der Waals surface area contributed by atoms with Crippen molar-refractivity contribution in [2.24, 2.45) is 0 Å². The first-order valence-corrected chi connectivity index (χ1v) is 6.94. The molecule has 1 fully saturated rings. The van der Waals surface area contributed by atoms with E-state index in [4.69, 9.17) is 12.2 Å². The van der Waals surface area contributed by atoms with E-state index in [1.54, 1.807) is 0 Å². The molecule has 0 aromatic rings. The van der Waals surface area contributed by atoms with E-state index in [0.29, 0.717) is 11.7 Å². The predicted molar refractivity (Wildman–Crippen MR) is 61.1 cm³/mol. The van der Waals surface area contributed by atoms with Crippen LogP contribution in [0.5, 0.6) is 0 Å². The zero-order chi connectivity index (χ0) is 10.8. The summed E-state index contributed by atoms with van der Waals surface area (Å²) in [5, 5.41) is 3.70. The minimum absolute atomic E-state index is 0.0136. The molecule has 1 unspecified atom stereocenters. The van der Waals surface area contributed by atoms with Gasteiger partial charge in [-0.05, 0) is 26.1 Å². The summed E-state index contributed by atoms with van der Waals surface area (Å²) in [6, 6.07) is -0.0136. The summed E-state index contributed by atoms with van der Waals surface area (Å²) in [4.78, 5) is 1.94. The Balaban J connectivity index is 2.62. The zero-order valence-corrected chi connectivity index (χ0v) is 10.1. The normalized spacial score (nSPS) is 25.9. The Hall–Kier alpha value is -0.360. The Kier molecular flexibility index (Phi) is 3.71. The van der Waals surface area contributed by atoms with Crippen LogP contribution in [0.25, 0.3) is 0 Å². The smallest absolute Gasteiger partial charge is 0.169 e. The molecule has 1 saturated heterocycles. The largest absolute Gasteiger partial charge is 0.363 e. The van der Waals surface area contributed by atoms with Crippen LogP contribution in [0.2, 0.25) is 0 Å². The SMILES string of the molecule is CCNC(=S)N1CCS(=O)(=O)CC1C. The third kappa shape index (κ3) is 2.81. The van der Waals surface area contributed by atoms with Gasteiger partial charge in [0.05, 0.1) is 11.5 Å². The maximum absolute atomic E-state index is 11.3. The quantitative estimate of drug-likeness (QED) is 0.650.